The van der Waals surface area contributed by atoms with Crippen LogP contribution in [0.1, 0.15) is 6.92 Å². The molecular weight excluding hydrogens is 124 g/mol. The van der Waals surface area contributed by atoms with Crippen molar-refractivity contribution in [3.63, 3.8) is 0 Å². The fourth-order valence-electron chi connectivity index (χ4n) is 0.460. The monoisotopic (exact) mass is 130 g/mol. The molecule has 3 nitrogen and oxygen atoms in total. The van der Waals surface area contributed by atoms with Gasteiger partial charge < -0.3 is 5.32 Å². The number of amides is 1. The third-order valence-electron chi connectivity index (χ3n) is 0.930. The van der Waals surface area contributed by atoms with Crippen LogP contribution in [0.5, 0.6) is 0 Å². The molecule has 0 radical (unpaired) electrons. The van der Waals surface area contributed by atoms with Gasteiger partial charge in [0.05, 0.1) is 11.1 Å². The molecule has 1 saturated heterocycles. The highest BCUT2D eigenvalue weighted by molar-refractivity contribution is 8.26. The molecule has 2 N–H and O–H groups in total. The number of rotatable bonds is 0. The lowest BCUT2D eigenvalue weighted by atomic mass is 10.4. The van der Waals surface area contributed by atoms with Crippen molar-refractivity contribution in [2.75, 3.05) is 0 Å². The molecule has 8 heavy (non-hydrogen) atoms. The van der Waals surface area contributed by atoms with Crippen molar-refractivity contribution in [1.82, 2.24) is 5.32 Å². The quantitative estimate of drug-likeness (QED) is 0.509. The minimum Gasteiger partial charge on any atom is -0.338 e. The molecule has 1 aliphatic heterocycles. The summed E-state index contributed by atoms with van der Waals surface area (Å²) in [6.07, 6.45) is 0. The van der Waals surface area contributed by atoms with Gasteiger partial charge in [-0.2, -0.15) is 0 Å². The minimum atomic E-state index is -0.109. The minimum absolute atomic E-state index is 0.0625. The van der Waals surface area contributed by atoms with E-state index in [1.165, 1.54) is 0 Å². The van der Waals surface area contributed by atoms with E-state index < -0.39 is 0 Å². The van der Waals surface area contributed by atoms with Gasteiger partial charge in [0.25, 0.3) is 5.24 Å². The van der Waals surface area contributed by atoms with Crippen LogP contribution in [0.3, 0.4) is 0 Å². The lowest BCUT2D eigenvalue weighted by molar-refractivity contribution is 0.261. The molecule has 0 saturated carbocycles. The molecule has 1 aliphatic rings. The molecule has 1 rings (SSSR count). The highest BCUT2D eigenvalue weighted by Crippen LogP contribution is 2.14. The molecule has 44 valence electrons. The average Bonchev–Trinajstić information content (AvgIpc) is 1.85. The number of hydrogen-bond acceptors (Lipinski definition) is 3. The van der Waals surface area contributed by atoms with E-state index in [4.69, 9.17) is 5.41 Å². The standard InChI is InChI=1S/C4H6N2OS/c1-2-3(5)8-4(7)6-2/h2,5H,1H3,(H,6,7). The highest BCUT2D eigenvalue weighted by Gasteiger charge is 2.22. The summed E-state index contributed by atoms with van der Waals surface area (Å²) in [6, 6.07) is -0.0625. The average molecular weight is 130 g/mol. The topological polar surface area (TPSA) is 53.0 Å². The molecule has 0 aromatic heterocycles. The first-order valence-electron chi connectivity index (χ1n) is 2.27. The van der Waals surface area contributed by atoms with Crippen LogP contribution in [-0.2, 0) is 0 Å². The Morgan fingerprint density at radius 1 is 1.88 bits per heavy atom. The van der Waals surface area contributed by atoms with Crippen LogP contribution < -0.4 is 5.32 Å². The Morgan fingerprint density at radius 3 is 2.62 bits per heavy atom. The summed E-state index contributed by atoms with van der Waals surface area (Å²) in [4.78, 5) is 10.4. The number of hydrogen-bond donors (Lipinski definition) is 2. The van der Waals surface area contributed by atoms with Gasteiger partial charge in [0.15, 0.2) is 0 Å². The first kappa shape index (κ1) is 5.62. The molecule has 0 aliphatic carbocycles. The van der Waals surface area contributed by atoms with Crippen LogP contribution in [0.15, 0.2) is 0 Å². The molecule has 0 spiro atoms. The van der Waals surface area contributed by atoms with Gasteiger partial charge in [-0.05, 0) is 18.7 Å². The Kier molecular flexibility index (Phi) is 1.25. The summed E-state index contributed by atoms with van der Waals surface area (Å²) in [5.41, 5.74) is 0. The second-order valence-corrected chi connectivity index (χ2v) is 2.63. The summed E-state index contributed by atoms with van der Waals surface area (Å²) in [5, 5.41) is 9.93. The van der Waals surface area contributed by atoms with Crippen LogP contribution >= 0.6 is 11.8 Å². The summed E-state index contributed by atoms with van der Waals surface area (Å²) < 4.78 is 0. The van der Waals surface area contributed by atoms with Crippen molar-refractivity contribution in [2.24, 2.45) is 0 Å². The summed E-state index contributed by atoms with van der Waals surface area (Å²) >= 11 is 0.962. The summed E-state index contributed by atoms with van der Waals surface area (Å²) in [5.74, 6) is 0. The summed E-state index contributed by atoms with van der Waals surface area (Å²) in [6.45, 7) is 1.79. The largest absolute Gasteiger partial charge is 0.338 e. The zero-order chi connectivity index (χ0) is 6.15. The van der Waals surface area contributed by atoms with Crippen molar-refractivity contribution in [1.29, 1.82) is 5.41 Å². The van der Waals surface area contributed by atoms with Crippen LogP contribution in [-0.4, -0.2) is 16.3 Å². The second kappa shape index (κ2) is 1.78. The van der Waals surface area contributed by atoms with E-state index in [-0.39, 0.29) is 11.3 Å². The smallest absolute Gasteiger partial charge is 0.285 e. The maximum atomic E-state index is 10.4. The van der Waals surface area contributed by atoms with Gasteiger partial charge >= 0.3 is 0 Å². The molecule has 1 unspecified atom stereocenters. The van der Waals surface area contributed by atoms with Gasteiger partial charge in [0.2, 0.25) is 0 Å². The van der Waals surface area contributed by atoms with Crippen molar-refractivity contribution in [3.8, 4) is 0 Å². The van der Waals surface area contributed by atoms with Gasteiger partial charge in [-0.3, -0.25) is 10.2 Å². The number of carbonyl (C=O) groups is 1. The predicted octanol–water partition coefficient (Wildman–Crippen LogP) is 0.809. The van der Waals surface area contributed by atoms with Gasteiger partial charge in [-0.1, -0.05) is 0 Å². The maximum Gasteiger partial charge on any atom is 0.285 e. The van der Waals surface area contributed by atoms with E-state index >= 15 is 0 Å². The fraction of sp³-hybridized carbons (Fsp3) is 0.500. The van der Waals surface area contributed by atoms with Crippen LogP contribution in [0, 0.1) is 5.41 Å². The van der Waals surface area contributed by atoms with Crippen molar-refractivity contribution < 1.29 is 4.79 Å². The van der Waals surface area contributed by atoms with Crippen LogP contribution in [0.4, 0.5) is 4.79 Å². The van der Waals surface area contributed by atoms with Crippen molar-refractivity contribution in [2.45, 2.75) is 13.0 Å². The van der Waals surface area contributed by atoms with Crippen molar-refractivity contribution >= 4 is 22.0 Å². The Labute approximate surface area is 51.3 Å². The van der Waals surface area contributed by atoms with Gasteiger partial charge in [-0.25, -0.2) is 0 Å². The van der Waals surface area contributed by atoms with E-state index in [0.29, 0.717) is 5.04 Å². The van der Waals surface area contributed by atoms with Gasteiger partial charge in [-0.15, -0.1) is 0 Å². The molecule has 1 amide bonds. The lowest BCUT2D eigenvalue weighted by Gasteiger charge is -1.95. The lowest BCUT2D eigenvalue weighted by Crippen LogP contribution is -2.24. The predicted molar refractivity (Wildman–Crippen MR) is 33.3 cm³/mol. The summed E-state index contributed by atoms with van der Waals surface area (Å²) in [7, 11) is 0. The van der Waals surface area contributed by atoms with Crippen molar-refractivity contribution in [3.05, 3.63) is 0 Å². The number of carbonyl (C=O) groups excluding carboxylic acids is 1. The molecule has 1 fully saturated rings. The zero-order valence-electron chi connectivity index (χ0n) is 4.39. The van der Waals surface area contributed by atoms with Gasteiger partial charge in [0, 0.05) is 0 Å². The molecule has 4 heteroatoms. The highest BCUT2D eigenvalue weighted by atomic mass is 32.2. The Balaban J connectivity index is 2.64. The Hall–Kier alpha value is -0.510. The first-order valence-corrected chi connectivity index (χ1v) is 3.08. The van der Waals surface area contributed by atoms with E-state index in [2.05, 4.69) is 5.32 Å². The number of nitrogens with one attached hydrogen (secondary N) is 2. The molecule has 0 aromatic rings. The SMILES string of the molecule is CC1NC(=O)SC1=N. The molecule has 1 heterocycles. The zero-order valence-corrected chi connectivity index (χ0v) is 5.21. The first-order chi connectivity index (χ1) is 3.70. The van der Waals surface area contributed by atoms with E-state index in [0.717, 1.165) is 11.8 Å². The normalized spacial score (nSPS) is 28.4. The molecule has 0 aromatic carbocycles. The molecule has 0 bridgehead atoms. The Morgan fingerprint density at radius 2 is 2.50 bits per heavy atom. The fourth-order valence-corrected chi connectivity index (χ4v) is 1.13. The van der Waals surface area contributed by atoms with E-state index in [9.17, 15) is 4.79 Å². The maximum absolute atomic E-state index is 10.4. The van der Waals surface area contributed by atoms with E-state index in [1.54, 1.807) is 6.92 Å². The van der Waals surface area contributed by atoms with Crippen LogP contribution in [0.25, 0.3) is 0 Å². The molecular formula is C4H6N2OS. The van der Waals surface area contributed by atoms with E-state index in [1.807, 2.05) is 0 Å². The second-order valence-electron chi connectivity index (χ2n) is 1.62. The molecule has 1 atom stereocenters. The Bertz CT molecular complexity index is 145. The third kappa shape index (κ3) is 0.838. The van der Waals surface area contributed by atoms with Gasteiger partial charge in [0.1, 0.15) is 0 Å². The number of thioether (sulfide) groups is 1. The van der Waals surface area contributed by atoms with Crippen LogP contribution in [0.2, 0.25) is 0 Å². The third-order valence-corrected chi connectivity index (χ3v) is 1.81.